The van der Waals surface area contributed by atoms with Crippen LogP contribution in [0.4, 0.5) is 0 Å². The summed E-state index contributed by atoms with van der Waals surface area (Å²) in [7, 11) is 1.98. The highest BCUT2D eigenvalue weighted by Gasteiger charge is 2.21. The minimum atomic E-state index is 0.737. The zero-order valence-corrected chi connectivity index (χ0v) is 12.7. The van der Waals surface area contributed by atoms with E-state index in [1.54, 1.807) is 0 Å². The molecule has 1 N–H and O–H groups in total. The van der Waals surface area contributed by atoms with Crippen molar-refractivity contribution in [1.29, 1.82) is 0 Å². The third-order valence-corrected chi connectivity index (χ3v) is 4.17. The second-order valence-electron chi connectivity index (χ2n) is 6.54. The molecule has 2 rings (SSSR count). The lowest BCUT2D eigenvalue weighted by molar-refractivity contribution is 0.253. The fourth-order valence-corrected chi connectivity index (χ4v) is 3.36. The number of rotatable bonds is 6. The van der Waals surface area contributed by atoms with Crippen LogP contribution in [0.1, 0.15) is 51.6 Å². The monoisotopic (exact) mass is 263 g/mol. The number of aryl methyl sites for hydroxylation is 1. The summed E-state index contributed by atoms with van der Waals surface area (Å²) >= 11 is 0. The molecule has 1 aliphatic carbocycles. The molecule has 0 aliphatic heterocycles. The molecule has 0 radical (unpaired) electrons. The standard InChI is InChI=1S/C16H29N3/c1-13(2)11-14-5-4-6-16(12-14)17-9-7-15-8-10-19(3)18-15/h8,10,13-14,16-17H,4-7,9,11-12H2,1-3H3. The smallest absolute Gasteiger partial charge is 0.0637 e. The van der Waals surface area contributed by atoms with E-state index < -0.39 is 0 Å². The molecular formula is C16H29N3. The van der Waals surface area contributed by atoms with Gasteiger partial charge in [-0.15, -0.1) is 0 Å². The predicted octanol–water partition coefficient (Wildman–Crippen LogP) is 3.16. The zero-order valence-electron chi connectivity index (χ0n) is 12.7. The summed E-state index contributed by atoms with van der Waals surface area (Å²) in [6, 6.07) is 2.85. The van der Waals surface area contributed by atoms with Gasteiger partial charge in [-0.05, 0) is 37.2 Å². The van der Waals surface area contributed by atoms with Gasteiger partial charge in [0.1, 0.15) is 0 Å². The van der Waals surface area contributed by atoms with E-state index in [2.05, 4.69) is 30.3 Å². The summed E-state index contributed by atoms with van der Waals surface area (Å²) in [5.74, 6) is 1.79. The highest BCUT2D eigenvalue weighted by Crippen LogP contribution is 2.29. The van der Waals surface area contributed by atoms with Crippen molar-refractivity contribution in [3.63, 3.8) is 0 Å². The summed E-state index contributed by atoms with van der Waals surface area (Å²) in [5, 5.41) is 8.16. The van der Waals surface area contributed by atoms with Crippen LogP contribution in [-0.4, -0.2) is 22.4 Å². The maximum absolute atomic E-state index is 4.42. The van der Waals surface area contributed by atoms with Crippen LogP contribution in [-0.2, 0) is 13.5 Å². The Morgan fingerprint density at radius 2 is 2.26 bits per heavy atom. The van der Waals surface area contributed by atoms with Crippen molar-refractivity contribution < 1.29 is 0 Å². The van der Waals surface area contributed by atoms with Crippen LogP contribution in [0.15, 0.2) is 12.3 Å². The molecule has 0 amide bonds. The third-order valence-electron chi connectivity index (χ3n) is 4.17. The quantitative estimate of drug-likeness (QED) is 0.854. The molecule has 1 fully saturated rings. The van der Waals surface area contributed by atoms with Crippen molar-refractivity contribution in [3.05, 3.63) is 18.0 Å². The first kappa shape index (κ1) is 14.6. The van der Waals surface area contributed by atoms with Gasteiger partial charge in [0.15, 0.2) is 0 Å². The molecule has 1 saturated carbocycles. The minimum absolute atomic E-state index is 0.737. The van der Waals surface area contributed by atoms with Crippen LogP contribution in [0.5, 0.6) is 0 Å². The SMILES string of the molecule is CC(C)CC1CCCC(NCCc2ccn(C)n2)C1. The molecule has 0 aromatic carbocycles. The summed E-state index contributed by atoms with van der Waals surface area (Å²) in [6.45, 7) is 5.76. The average molecular weight is 263 g/mol. The number of hydrogen-bond acceptors (Lipinski definition) is 2. The van der Waals surface area contributed by atoms with Crippen LogP contribution in [0.3, 0.4) is 0 Å². The molecule has 0 bridgehead atoms. The van der Waals surface area contributed by atoms with Crippen molar-refractivity contribution in [2.45, 2.75) is 58.4 Å². The van der Waals surface area contributed by atoms with Gasteiger partial charge in [0, 0.05) is 32.3 Å². The van der Waals surface area contributed by atoms with Gasteiger partial charge in [-0.1, -0.05) is 26.7 Å². The van der Waals surface area contributed by atoms with Gasteiger partial charge >= 0.3 is 0 Å². The van der Waals surface area contributed by atoms with Gasteiger partial charge in [-0.25, -0.2) is 0 Å². The first-order valence-corrected chi connectivity index (χ1v) is 7.85. The highest BCUT2D eigenvalue weighted by molar-refractivity contribution is 4.99. The molecule has 1 aromatic rings. The molecule has 0 spiro atoms. The predicted molar refractivity (Wildman–Crippen MR) is 80.1 cm³/mol. The van der Waals surface area contributed by atoms with E-state index in [1.807, 2.05) is 17.9 Å². The molecule has 108 valence electrons. The Bertz CT molecular complexity index is 370. The molecule has 1 aromatic heterocycles. The Morgan fingerprint density at radius 1 is 1.42 bits per heavy atom. The Labute approximate surface area is 117 Å². The fraction of sp³-hybridized carbons (Fsp3) is 0.812. The van der Waals surface area contributed by atoms with E-state index in [-0.39, 0.29) is 0 Å². The first-order chi connectivity index (χ1) is 9.13. The highest BCUT2D eigenvalue weighted by atomic mass is 15.2. The Hall–Kier alpha value is -0.830. The lowest BCUT2D eigenvalue weighted by Gasteiger charge is -2.30. The van der Waals surface area contributed by atoms with Gasteiger partial charge < -0.3 is 5.32 Å². The summed E-state index contributed by atoms with van der Waals surface area (Å²) in [4.78, 5) is 0. The maximum atomic E-state index is 4.42. The second kappa shape index (κ2) is 7.09. The van der Waals surface area contributed by atoms with E-state index in [9.17, 15) is 0 Å². The van der Waals surface area contributed by atoms with Gasteiger partial charge in [0.2, 0.25) is 0 Å². The van der Waals surface area contributed by atoms with Gasteiger partial charge in [0.25, 0.3) is 0 Å². The molecule has 1 aliphatic rings. The fourth-order valence-electron chi connectivity index (χ4n) is 3.36. The van der Waals surface area contributed by atoms with E-state index in [0.29, 0.717) is 0 Å². The lowest BCUT2D eigenvalue weighted by atomic mass is 9.81. The van der Waals surface area contributed by atoms with Crippen LogP contribution in [0.2, 0.25) is 0 Å². The van der Waals surface area contributed by atoms with Gasteiger partial charge in [-0.2, -0.15) is 5.10 Å². The van der Waals surface area contributed by atoms with Crippen molar-refractivity contribution in [2.75, 3.05) is 6.54 Å². The first-order valence-electron chi connectivity index (χ1n) is 7.85. The molecule has 2 atom stereocenters. The average Bonchev–Trinajstić information content (AvgIpc) is 2.75. The zero-order chi connectivity index (χ0) is 13.7. The van der Waals surface area contributed by atoms with Gasteiger partial charge in [0.05, 0.1) is 5.69 Å². The molecular weight excluding hydrogens is 234 g/mol. The van der Waals surface area contributed by atoms with Crippen LogP contribution in [0.25, 0.3) is 0 Å². The van der Waals surface area contributed by atoms with E-state index >= 15 is 0 Å². The van der Waals surface area contributed by atoms with Crippen molar-refractivity contribution in [2.24, 2.45) is 18.9 Å². The Kier molecular flexibility index (Phi) is 5.44. The molecule has 3 heteroatoms. The topological polar surface area (TPSA) is 29.9 Å². The summed E-state index contributed by atoms with van der Waals surface area (Å²) < 4.78 is 1.88. The second-order valence-corrected chi connectivity index (χ2v) is 6.54. The molecule has 0 saturated heterocycles. The van der Waals surface area contributed by atoms with Crippen LogP contribution in [0, 0.1) is 11.8 Å². The molecule has 3 nitrogen and oxygen atoms in total. The van der Waals surface area contributed by atoms with Crippen LogP contribution >= 0.6 is 0 Å². The Morgan fingerprint density at radius 3 is 2.95 bits per heavy atom. The summed E-state index contributed by atoms with van der Waals surface area (Å²) in [6.07, 6.45) is 10.0. The van der Waals surface area contributed by atoms with Crippen LogP contribution < -0.4 is 5.32 Å². The van der Waals surface area contributed by atoms with Crippen molar-refractivity contribution in [3.8, 4) is 0 Å². The Balaban J connectivity index is 1.67. The largest absolute Gasteiger partial charge is 0.314 e. The molecule has 2 unspecified atom stereocenters. The summed E-state index contributed by atoms with van der Waals surface area (Å²) in [5.41, 5.74) is 1.20. The van der Waals surface area contributed by atoms with Crippen molar-refractivity contribution >= 4 is 0 Å². The lowest BCUT2D eigenvalue weighted by Crippen LogP contribution is -2.35. The third kappa shape index (κ3) is 4.98. The molecule has 1 heterocycles. The van der Waals surface area contributed by atoms with Gasteiger partial charge in [-0.3, -0.25) is 4.68 Å². The number of nitrogens with one attached hydrogen (secondary N) is 1. The maximum Gasteiger partial charge on any atom is 0.0637 e. The minimum Gasteiger partial charge on any atom is -0.314 e. The molecule has 19 heavy (non-hydrogen) atoms. The number of nitrogens with zero attached hydrogens (tertiary/aromatic N) is 2. The van der Waals surface area contributed by atoms with E-state index in [4.69, 9.17) is 0 Å². The number of hydrogen-bond donors (Lipinski definition) is 1. The number of aromatic nitrogens is 2. The van der Waals surface area contributed by atoms with E-state index in [1.165, 1.54) is 37.8 Å². The van der Waals surface area contributed by atoms with Crippen molar-refractivity contribution in [1.82, 2.24) is 15.1 Å². The van der Waals surface area contributed by atoms with E-state index in [0.717, 1.165) is 30.8 Å². The normalized spacial score (nSPS) is 24.0.